The van der Waals surface area contributed by atoms with Crippen molar-refractivity contribution in [1.29, 1.82) is 0 Å². The predicted molar refractivity (Wildman–Crippen MR) is 102 cm³/mol. The van der Waals surface area contributed by atoms with Crippen molar-refractivity contribution in [2.45, 2.75) is 12.7 Å². The summed E-state index contributed by atoms with van der Waals surface area (Å²) in [6.07, 6.45) is -1.43. The number of amides is 1. The van der Waals surface area contributed by atoms with Gasteiger partial charge in [-0.25, -0.2) is 4.39 Å². The molecule has 9 heteroatoms. The molecule has 0 aliphatic heterocycles. The first-order valence-electron chi connectivity index (χ1n) is 8.34. The molecular formula is C20H14ClF4N3O. The average Bonchev–Trinajstić information content (AvgIpc) is 2.68. The van der Waals surface area contributed by atoms with Gasteiger partial charge in [0.15, 0.2) is 0 Å². The Morgan fingerprint density at radius 2 is 1.69 bits per heavy atom. The summed E-state index contributed by atoms with van der Waals surface area (Å²) in [5, 5.41) is 4.81. The second kappa shape index (κ2) is 8.48. The molecule has 1 heterocycles. The topological polar surface area (TPSA) is 54.0 Å². The van der Waals surface area contributed by atoms with Gasteiger partial charge in [-0.15, -0.1) is 0 Å². The lowest BCUT2D eigenvalue weighted by Crippen LogP contribution is -2.15. The number of benzene rings is 2. The third-order valence-corrected chi connectivity index (χ3v) is 4.32. The van der Waals surface area contributed by atoms with Gasteiger partial charge in [0.1, 0.15) is 5.82 Å². The fraction of sp³-hybridized carbons (Fsp3) is 0.100. The number of nitrogens with one attached hydrogen (secondary N) is 2. The van der Waals surface area contributed by atoms with E-state index in [4.69, 9.17) is 11.6 Å². The Kier molecular flexibility index (Phi) is 6.03. The molecular weight excluding hydrogens is 410 g/mol. The van der Waals surface area contributed by atoms with E-state index in [1.165, 1.54) is 18.2 Å². The van der Waals surface area contributed by atoms with Crippen LogP contribution in [0.4, 0.5) is 28.9 Å². The summed E-state index contributed by atoms with van der Waals surface area (Å²) in [5.41, 5.74) is -0.156. The lowest BCUT2D eigenvalue weighted by atomic mass is 10.1. The number of carbonyl (C=O) groups excluding carboxylic acids is 1. The Morgan fingerprint density at radius 3 is 2.38 bits per heavy atom. The molecule has 0 bridgehead atoms. The van der Waals surface area contributed by atoms with Crippen molar-refractivity contribution in [2.75, 3.05) is 10.6 Å². The number of alkyl halides is 3. The quantitative estimate of drug-likeness (QED) is 0.513. The molecule has 0 radical (unpaired) electrons. The van der Waals surface area contributed by atoms with Crippen LogP contribution in [0.3, 0.4) is 0 Å². The van der Waals surface area contributed by atoms with E-state index in [-0.39, 0.29) is 11.3 Å². The van der Waals surface area contributed by atoms with E-state index in [0.29, 0.717) is 18.3 Å². The van der Waals surface area contributed by atoms with E-state index in [1.54, 1.807) is 24.5 Å². The number of hydrogen-bond acceptors (Lipinski definition) is 3. The molecule has 150 valence electrons. The van der Waals surface area contributed by atoms with Crippen molar-refractivity contribution < 1.29 is 22.4 Å². The summed E-state index contributed by atoms with van der Waals surface area (Å²) < 4.78 is 53.0. The maximum absolute atomic E-state index is 14.1. The van der Waals surface area contributed by atoms with Gasteiger partial charge in [0.2, 0.25) is 0 Å². The molecule has 0 aliphatic carbocycles. The molecule has 0 atom stereocenters. The van der Waals surface area contributed by atoms with Gasteiger partial charge in [0.25, 0.3) is 5.91 Å². The van der Waals surface area contributed by atoms with Crippen molar-refractivity contribution in [3.63, 3.8) is 0 Å². The first-order valence-corrected chi connectivity index (χ1v) is 8.72. The molecule has 29 heavy (non-hydrogen) atoms. The van der Waals surface area contributed by atoms with Crippen LogP contribution in [0.1, 0.15) is 21.5 Å². The molecule has 0 saturated heterocycles. The van der Waals surface area contributed by atoms with Crippen molar-refractivity contribution in [3.05, 3.63) is 88.5 Å². The molecule has 0 unspecified atom stereocenters. The number of halogens is 5. The molecule has 2 aromatic carbocycles. The SMILES string of the molecule is O=C(Nc1ccc(Cl)c(C(F)(F)F)c1)c1cc(NCc2ccncc2)ccc1F. The molecule has 0 spiro atoms. The van der Waals surface area contributed by atoms with Gasteiger partial charge < -0.3 is 10.6 Å². The van der Waals surface area contributed by atoms with E-state index < -0.39 is 28.5 Å². The highest BCUT2D eigenvalue weighted by Gasteiger charge is 2.33. The molecule has 1 aromatic heterocycles. The van der Waals surface area contributed by atoms with Gasteiger partial charge in [0.05, 0.1) is 16.1 Å². The second-order valence-corrected chi connectivity index (χ2v) is 6.46. The number of rotatable bonds is 5. The number of nitrogens with zero attached hydrogens (tertiary/aromatic N) is 1. The molecule has 0 fully saturated rings. The van der Waals surface area contributed by atoms with Crippen LogP contribution in [0, 0.1) is 5.82 Å². The minimum Gasteiger partial charge on any atom is -0.381 e. The molecule has 0 saturated carbocycles. The minimum absolute atomic E-state index is 0.152. The smallest absolute Gasteiger partial charge is 0.381 e. The molecule has 3 rings (SSSR count). The standard InChI is InChI=1S/C20H14ClF4N3O/c21-17-3-1-14(10-16(17)20(23,24)25)28-19(29)15-9-13(2-4-18(15)22)27-11-12-5-7-26-8-6-12/h1-10,27H,11H2,(H,28,29). The number of aromatic nitrogens is 1. The van der Waals surface area contributed by atoms with Crippen LogP contribution in [0.2, 0.25) is 5.02 Å². The van der Waals surface area contributed by atoms with Crippen LogP contribution in [-0.4, -0.2) is 10.9 Å². The summed E-state index contributed by atoms with van der Waals surface area (Å²) in [4.78, 5) is 16.3. The average molecular weight is 424 g/mol. The Bertz CT molecular complexity index is 1030. The number of hydrogen-bond donors (Lipinski definition) is 2. The molecule has 4 nitrogen and oxygen atoms in total. The Labute approximate surface area is 168 Å². The maximum Gasteiger partial charge on any atom is 0.417 e. The Morgan fingerprint density at radius 1 is 1.00 bits per heavy atom. The van der Waals surface area contributed by atoms with Gasteiger partial charge in [-0.2, -0.15) is 13.2 Å². The summed E-state index contributed by atoms with van der Waals surface area (Å²) in [7, 11) is 0. The highest BCUT2D eigenvalue weighted by Crippen LogP contribution is 2.36. The van der Waals surface area contributed by atoms with Gasteiger partial charge in [-0.05, 0) is 54.1 Å². The molecule has 3 aromatic rings. The zero-order valence-electron chi connectivity index (χ0n) is 14.7. The van der Waals surface area contributed by atoms with E-state index in [9.17, 15) is 22.4 Å². The zero-order valence-corrected chi connectivity index (χ0v) is 15.5. The highest BCUT2D eigenvalue weighted by atomic mass is 35.5. The normalized spacial score (nSPS) is 11.2. The second-order valence-electron chi connectivity index (χ2n) is 6.05. The van der Waals surface area contributed by atoms with Gasteiger partial charge in [-0.1, -0.05) is 11.6 Å². The van der Waals surface area contributed by atoms with Crippen LogP contribution >= 0.6 is 11.6 Å². The third kappa shape index (κ3) is 5.23. The van der Waals surface area contributed by atoms with E-state index >= 15 is 0 Å². The van der Waals surface area contributed by atoms with Gasteiger partial charge in [-0.3, -0.25) is 9.78 Å². The van der Waals surface area contributed by atoms with Crippen LogP contribution in [-0.2, 0) is 12.7 Å². The van der Waals surface area contributed by atoms with E-state index in [0.717, 1.165) is 17.7 Å². The molecule has 2 N–H and O–H groups in total. The van der Waals surface area contributed by atoms with Crippen molar-refractivity contribution in [2.24, 2.45) is 0 Å². The third-order valence-electron chi connectivity index (χ3n) is 3.99. The largest absolute Gasteiger partial charge is 0.417 e. The zero-order chi connectivity index (χ0) is 21.0. The number of carbonyl (C=O) groups is 1. The minimum atomic E-state index is -4.68. The first kappa shape index (κ1) is 20.6. The van der Waals surface area contributed by atoms with E-state index in [2.05, 4.69) is 15.6 Å². The summed E-state index contributed by atoms with van der Waals surface area (Å²) >= 11 is 5.56. The van der Waals surface area contributed by atoms with Crippen molar-refractivity contribution in [1.82, 2.24) is 4.98 Å². The Hall–Kier alpha value is -3.13. The monoisotopic (exact) mass is 423 g/mol. The lowest BCUT2D eigenvalue weighted by molar-refractivity contribution is -0.137. The summed E-state index contributed by atoms with van der Waals surface area (Å²) in [5.74, 6) is -1.69. The van der Waals surface area contributed by atoms with Crippen LogP contribution < -0.4 is 10.6 Å². The number of anilines is 2. The molecule has 1 amide bonds. The van der Waals surface area contributed by atoms with Crippen LogP contribution in [0.25, 0.3) is 0 Å². The van der Waals surface area contributed by atoms with Gasteiger partial charge >= 0.3 is 6.18 Å². The van der Waals surface area contributed by atoms with Crippen LogP contribution in [0.15, 0.2) is 60.9 Å². The van der Waals surface area contributed by atoms with Crippen LogP contribution in [0.5, 0.6) is 0 Å². The fourth-order valence-electron chi connectivity index (χ4n) is 2.53. The van der Waals surface area contributed by atoms with Gasteiger partial charge in [0, 0.05) is 30.3 Å². The lowest BCUT2D eigenvalue weighted by Gasteiger charge is -2.13. The van der Waals surface area contributed by atoms with E-state index in [1.807, 2.05) is 0 Å². The van der Waals surface area contributed by atoms with Crippen molar-refractivity contribution in [3.8, 4) is 0 Å². The molecule has 0 aliphatic rings. The highest BCUT2D eigenvalue weighted by molar-refractivity contribution is 6.31. The maximum atomic E-state index is 14.1. The number of pyridine rings is 1. The fourth-order valence-corrected chi connectivity index (χ4v) is 2.76. The first-order chi connectivity index (χ1) is 13.7. The Balaban J connectivity index is 1.77. The summed E-state index contributed by atoms with van der Waals surface area (Å²) in [6.45, 7) is 0.418. The summed E-state index contributed by atoms with van der Waals surface area (Å²) in [6, 6.07) is 10.4. The van der Waals surface area contributed by atoms with Crippen molar-refractivity contribution >= 4 is 28.9 Å². The predicted octanol–water partition coefficient (Wildman–Crippen LogP) is 5.76.